The number of hydrogen-bond acceptors (Lipinski definition) is 3. The van der Waals surface area contributed by atoms with Gasteiger partial charge in [-0.05, 0) is 25.1 Å². The average Bonchev–Trinajstić information content (AvgIpc) is 2.53. The second kappa shape index (κ2) is 9.37. The summed E-state index contributed by atoms with van der Waals surface area (Å²) in [6, 6.07) is 8.89. The number of thioether (sulfide) groups is 1. The summed E-state index contributed by atoms with van der Waals surface area (Å²) in [6.07, 6.45) is 8.25. The Balaban J connectivity index is 1.84. The van der Waals surface area contributed by atoms with E-state index >= 15 is 0 Å². The number of rotatable bonds is 9. The van der Waals surface area contributed by atoms with Gasteiger partial charge in [0, 0.05) is 16.7 Å². The predicted molar refractivity (Wildman–Crippen MR) is 92.4 cm³/mol. The molecule has 0 saturated carbocycles. The smallest absolute Gasteiger partial charge is 0.133 e. The van der Waals surface area contributed by atoms with Crippen molar-refractivity contribution >= 4 is 11.8 Å². The molecule has 118 valence electrons. The number of nitrogens with one attached hydrogen (secondary N) is 1. The summed E-state index contributed by atoms with van der Waals surface area (Å²) in [7, 11) is 0. The number of para-hydroxylation sites is 1. The van der Waals surface area contributed by atoms with Crippen LogP contribution in [0.5, 0.6) is 5.75 Å². The van der Waals surface area contributed by atoms with Crippen LogP contribution in [0.4, 0.5) is 0 Å². The fraction of sp³-hybridized carbons (Fsp3) is 0.667. The second-order valence-electron chi connectivity index (χ2n) is 5.78. The van der Waals surface area contributed by atoms with Crippen molar-refractivity contribution in [3.05, 3.63) is 24.3 Å². The largest absolute Gasteiger partial charge is 0.487 e. The van der Waals surface area contributed by atoms with E-state index in [2.05, 4.69) is 43.4 Å². The summed E-state index contributed by atoms with van der Waals surface area (Å²) < 4.78 is 6.24. The van der Waals surface area contributed by atoms with E-state index in [1.165, 1.54) is 43.4 Å². The van der Waals surface area contributed by atoms with Gasteiger partial charge >= 0.3 is 0 Å². The molecular formula is C18H29NOS. The Morgan fingerprint density at radius 3 is 2.81 bits per heavy atom. The fourth-order valence-electron chi connectivity index (χ4n) is 2.88. The van der Waals surface area contributed by atoms with Crippen molar-refractivity contribution in [1.29, 1.82) is 0 Å². The van der Waals surface area contributed by atoms with Gasteiger partial charge in [-0.1, -0.05) is 58.1 Å². The molecule has 1 aliphatic rings. The number of fused-ring (bicyclic) bond motifs is 1. The first-order chi connectivity index (χ1) is 10.3. The summed E-state index contributed by atoms with van der Waals surface area (Å²) in [5.41, 5.74) is 0. The molecule has 2 unspecified atom stereocenters. The van der Waals surface area contributed by atoms with Gasteiger partial charge in [0.1, 0.15) is 11.9 Å². The Morgan fingerprint density at radius 2 is 2.00 bits per heavy atom. The van der Waals surface area contributed by atoms with Crippen LogP contribution in [-0.2, 0) is 0 Å². The van der Waals surface area contributed by atoms with Crippen LogP contribution in [0.2, 0.25) is 0 Å². The number of hydrogen-bond donors (Lipinski definition) is 1. The standard InChI is InChI=1S/C18H29NOS/c1-3-5-6-7-8-11-15(19-4-2)17-14-21-18-13-10-9-12-16(18)20-17/h9-10,12-13,15,17,19H,3-8,11,14H2,1-2H3. The minimum absolute atomic E-state index is 0.302. The summed E-state index contributed by atoms with van der Waals surface area (Å²) in [5, 5.41) is 3.64. The van der Waals surface area contributed by atoms with E-state index in [9.17, 15) is 0 Å². The van der Waals surface area contributed by atoms with Gasteiger partial charge in [-0.25, -0.2) is 0 Å². The topological polar surface area (TPSA) is 21.3 Å². The molecule has 0 radical (unpaired) electrons. The fourth-order valence-corrected chi connectivity index (χ4v) is 3.96. The summed E-state index contributed by atoms with van der Waals surface area (Å²) in [6.45, 7) is 5.48. The maximum Gasteiger partial charge on any atom is 0.133 e. The predicted octanol–water partition coefficient (Wildman–Crippen LogP) is 4.88. The maximum atomic E-state index is 6.24. The second-order valence-corrected chi connectivity index (χ2v) is 6.84. The number of benzene rings is 1. The van der Waals surface area contributed by atoms with Crippen LogP contribution in [0.25, 0.3) is 0 Å². The molecule has 2 rings (SSSR count). The molecule has 0 bridgehead atoms. The van der Waals surface area contributed by atoms with Crippen LogP contribution in [0, 0.1) is 0 Å². The van der Waals surface area contributed by atoms with Crippen molar-refractivity contribution in [2.24, 2.45) is 0 Å². The van der Waals surface area contributed by atoms with E-state index in [0.29, 0.717) is 12.1 Å². The number of ether oxygens (including phenoxy) is 1. The van der Waals surface area contributed by atoms with Crippen LogP contribution < -0.4 is 10.1 Å². The van der Waals surface area contributed by atoms with Crippen LogP contribution in [0.3, 0.4) is 0 Å². The first kappa shape index (κ1) is 16.7. The van der Waals surface area contributed by atoms with Gasteiger partial charge < -0.3 is 10.1 Å². The van der Waals surface area contributed by atoms with E-state index in [1.807, 2.05) is 11.8 Å². The Bertz CT molecular complexity index is 410. The summed E-state index contributed by atoms with van der Waals surface area (Å²) >= 11 is 1.93. The molecule has 1 aromatic carbocycles. The molecule has 3 heteroatoms. The Hall–Kier alpha value is -0.670. The zero-order chi connectivity index (χ0) is 14.9. The van der Waals surface area contributed by atoms with Crippen LogP contribution in [-0.4, -0.2) is 24.4 Å². The Kier molecular flexibility index (Phi) is 7.45. The van der Waals surface area contributed by atoms with Crippen molar-refractivity contribution in [3.8, 4) is 5.75 Å². The van der Waals surface area contributed by atoms with Crippen molar-refractivity contribution < 1.29 is 4.74 Å². The summed E-state index contributed by atoms with van der Waals surface area (Å²) in [5.74, 6) is 2.12. The average molecular weight is 308 g/mol. The molecular weight excluding hydrogens is 278 g/mol. The molecule has 1 aliphatic heterocycles. The SMILES string of the molecule is CCCCCCCC(NCC)C1CSc2ccccc2O1. The highest BCUT2D eigenvalue weighted by Gasteiger charge is 2.27. The molecule has 0 aromatic heterocycles. The molecule has 1 aromatic rings. The monoisotopic (exact) mass is 307 g/mol. The highest BCUT2D eigenvalue weighted by Crippen LogP contribution is 2.36. The van der Waals surface area contributed by atoms with Crippen molar-refractivity contribution in [2.75, 3.05) is 12.3 Å². The normalized spacial score (nSPS) is 18.9. The van der Waals surface area contributed by atoms with E-state index in [4.69, 9.17) is 4.74 Å². The van der Waals surface area contributed by atoms with Gasteiger partial charge in [-0.15, -0.1) is 11.8 Å². The third-order valence-corrected chi connectivity index (χ3v) is 5.21. The minimum Gasteiger partial charge on any atom is -0.487 e. The molecule has 1 heterocycles. The third kappa shape index (κ3) is 5.23. The third-order valence-electron chi connectivity index (χ3n) is 4.06. The summed E-state index contributed by atoms with van der Waals surface area (Å²) in [4.78, 5) is 1.28. The lowest BCUT2D eigenvalue weighted by Crippen LogP contribution is -2.45. The lowest BCUT2D eigenvalue weighted by molar-refractivity contribution is 0.159. The van der Waals surface area contributed by atoms with Gasteiger partial charge in [-0.2, -0.15) is 0 Å². The number of unbranched alkanes of at least 4 members (excludes halogenated alkanes) is 4. The molecule has 0 spiro atoms. The van der Waals surface area contributed by atoms with E-state index < -0.39 is 0 Å². The van der Waals surface area contributed by atoms with Gasteiger partial charge in [-0.3, -0.25) is 0 Å². The highest BCUT2D eigenvalue weighted by molar-refractivity contribution is 7.99. The van der Waals surface area contributed by atoms with Crippen LogP contribution in [0.15, 0.2) is 29.2 Å². The zero-order valence-corrected chi connectivity index (χ0v) is 14.3. The number of likely N-dealkylation sites (N-methyl/N-ethyl adjacent to an activating group) is 1. The van der Waals surface area contributed by atoms with Gasteiger partial charge in [0.05, 0.1) is 0 Å². The van der Waals surface area contributed by atoms with E-state index in [-0.39, 0.29) is 0 Å². The van der Waals surface area contributed by atoms with E-state index in [0.717, 1.165) is 18.0 Å². The maximum absolute atomic E-state index is 6.24. The molecule has 0 amide bonds. The van der Waals surface area contributed by atoms with Crippen molar-refractivity contribution in [2.45, 2.75) is 69.4 Å². The Labute approximate surface area is 134 Å². The molecule has 2 atom stereocenters. The quantitative estimate of drug-likeness (QED) is 0.657. The molecule has 0 fully saturated rings. The molecule has 1 N–H and O–H groups in total. The van der Waals surface area contributed by atoms with Crippen LogP contribution in [0.1, 0.15) is 52.4 Å². The van der Waals surface area contributed by atoms with Crippen LogP contribution >= 0.6 is 11.8 Å². The molecule has 2 nitrogen and oxygen atoms in total. The lowest BCUT2D eigenvalue weighted by atomic mass is 10.0. The van der Waals surface area contributed by atoms with Crippen molar-refractivity contribution in [1.82, 2.24) is 5.32 Å². The lowest BCUT2D eigenvalue weighted by Gasteiger charge is -2.32. The zero-order valence-electron chi connectivity index (χ0n) is 13.4. The molecule has 0 saturated heterocycles. The van der Waals surface area contributed by atoms with Gasteiger partial charge in [0.2, 0.25) is 0 Å². The molecule has 0 aliphatic carbocycles. The van der Waals surface area contributed by atoms with Gasteiger partial charge in [0.25, 0.3) is 0 Å². The first-order valence-electron chi connectivity index (χ1n) is 8.47. The van der Waals surface area contributed by atoms with Gasteiger partial charge in [0.15, 0.2) is 0 Å². The highest BCUT2D eigenvalue weighted by atomic mass is 32.2. The minimum atomic E-state index is 0.302. The first-order valence-corrected chi connectivity index (χ1v) is 9.45. The Morgan fingerprint density at radius 1 is 1.19 bits per heavy atom. The van der Waals surface area contributed by atoms with Crippen molar-refractivity contribution in [3.63, 3.8) is 0 Å². The van der Waals surface area contributed by atoms with E-state index in [1.54, 1.807) is 0 Å². The molecule has 21 heavy (non-hydrogen) atoms.